The molecule has 1 aliphatic rings. The molecule has 0 bridgehead atoms. The number of alkyl halides is 2. The maximum Gasteiger partial charge on any atom is 0.251 e. The molecule has 1 aliphatic heterocycles. The van der Waals surface area contributed by atoms with Gasteiger partial charge in [0.05, 0.1) is 12.1 Å². The van der Waals surface area contributed by atoms with E-state index in [0.717, 1.165) is 0 Å². The summed E-state index contributed by atoms with van der Waals surface area (Å²) < 4.78 is 52.3. The van der Waals surface area contributed by atoms with Crippen molar-refractivity contribution in [3.8, 4) is 6.07 Å². The summed E-state index contributed by atoms with van der Waals surface area (Å²) in [5.74, 6) is 0. The Morgan fingerprint density at radius 3 is 2.61 bits per heavy atom. The van der Waals surface area contributed by atoms with E-state index in [1.54, 1.807) is 24.0 Å². The zero-order valence-electron chi connectivity index (χ0n) is 12.8. The highest BCUT2D eigenvalue weighted by Gasteiger charge is 2.27. The summed E-state index contributed by atoms with van der Waals surface area (Å²) in [6.45, 7) is 2.25. The fourth-order valence-electron chi connectivity index (χ4n) is 2.72. The van der Waals surface area contributed by atoms with Gasteiger partial charge in [0, 0.05) is 6.04 Å². The molecule has 5 nitrogen and oxygen atoms in total. The molecule has 0 aromatic heterocycles. The maximum atomic E-state index is 12.5. The van der Waals surface area contributed by atoms with Gasteiger partial charge in [-0.25, -0.2) is 21.9 Å². The van der Waals surface area contributed by atoms with E-state index in [2.05, 4.69) is 4.72 Å². The Labute approximate surface area is 135 Å². The molecule has 1 heterocycles. The first-order chi connectivity index (χ1) is 10.8. The van der Waals surface area contributed by atoms with E-state index in [9.17, 15) is 17.2 Å². The van der Waals surface area contributed by atoms with Gasteiger partial charge >= 0.3 is 0 Å². The Hall–Kier alpha value is -1.56. The molecule has 1 aromatic rings. The molecule has 0 atom stereocenters. The summed E-state index contributed by atoms with van der Waals surface area (Å²) >= 11 is 0. The summed E-state index contributed by atoms with van der Waals surface area (Å²) in [5, 5.41) is 9.17. The molecule has 2 rings (SSSR count). The number of nitrogens with one attached hydrogen (secondary N) is 1. The number of aryl methyl sites for hydroxylation is 1. The van der Waals surface area contributed by atoms with Crippen LogP contribution < -0.4 is 4.72 Å². The fourth-order valence-corrected chi connectivity index (χ4v) is 4.25. The van der Waals surface area contributed by atoms with Gasteiger partial charge in [0.25, 0.3) is 6.43 Å². The van der Waals surface area contributed by atoms with Crippen LogP contribution in [0.4, 0.5) is 8.78 Å². The lowest BCUT2D eigenvalue weighted by molar-refractivity contribution is 0.0747. The van der Waals surface area contributed by atoms with Gasteiger partial charge in [0.1, 0.15) is 11.0 Å². The smallest absolute Gasteiger partial charge is 0.251 e. The predicted molar refractivity (Wildman–Crippen MR) is 81.7 cm³/mol. The number of hydrogen-bond acceptors (Lipinski definition) is 4. The quantitative estimate of drug-likeness (QED) is 0.886. The summed E-state index contributed by atoms with van der Waals surface area (Å²) in [5.41, 5.74) is 0.734. The van der Waals surface area contributed by atoms with Crippen molar-refractivity contribution in [1.82, 2.24) is 9.62 Å². The zero-order chi connectivity index (χ0) is 17.0. The lowest BCUT2D eigenvalue weighted by Crippen LogP contribution is -2.45. The van der Waals surface area contributed by atoms with E-state index in [4.69, 9.17) is 5.26 Å². The molecule has 23 heavy (non-hydrogen) atoms. The highest BCUT2D eigenvalue weighted by molar-refractivity contribution is 7.89. The molecule has 0 saturated carbocycles. The standard InChI is InChI=1S/C15H19F2N3O2S/c1-11-3-2-4-14(13(11)9-18)23(21,22)19-12-5-7-20(8-6-12)10-15(16)17/h2-4,12,15,19H,5-8,10H2,1H3. The minimum atomic E-state index is -3.80. The second kappa shape index (κ2) is 7.34. The molecule has 0 aliphatic carbocycles. The average Bonchev–Trinajstić information content (AvgIpc) is 2.48. The normalized spacial score (nSPS) is 17.3. The molecule has 0 unspecified atom stereocenters. The number of rotatable bonds is 5. The van der Waals surface area contributed by atoms with Crippen molar-refractivity contribution in [3.05, 3.63) is 29.3 Å². The van der Waals surface area contributed by atoms with Crippen molar-refractivity contribution in [2.24, 2.45) is 0 Å². The lowest BCUT2D eigenvalue weighted by Gasteiger charge is -2.31. The Balaban J connectivity index is 2.06. The fraction of sp³-hybridized carbons (Fsp3) is 0.533. The molecule has 0 radical (unpaired) electrons. The van der Waals surface area contributed by atoms with E-state index in [1.807, 2.05) is 6.07 Å². The van der Waals surface area contributed by atoms with Gasteiger partial charge in [-0.3, -0.25) is 4.90 Å². The Bertz CT molecular complexity index is 693. The second-order valence-electron chi connectivity index (χ2n) is 5.65. The molecule has 1 N–H and O–H groups in total. The van der Waals surface area contributed by atoms with E-state index in [0.29, 0.717) is 31.5 Å². The zero-order valence-corrected chi connectivity index (χ0v) is 13.6. The minimum absolute atomic E-state index is 0.0324. The first-order valence-electron chi connectivity index (χ1n) is 7.36. The monoisotopic (exact) mass is 343 g/mol. The first-order valence-corrected chi connectivity index (χ1v) is 8.84. The summed E-state index contributed by atoms with van der Waals surface area (Å²) in [7, 11) is -3.80. The average molecular weight is 343 g/mol. The summed E-state index contributed by atoms with van der Waals surface area (Å²) in [6, 6.07) is 6.30. The van der Waals surface area contributed by atoms with Gasteiger partial charge < -0.3 is 0 Å². The Morgan fingerprint density at radius 1 is 1.39 bits per heavy atom. The Morgan fingerprint density at radius 2 is 2.04 bits per heavy atom. The highest BCUT2D eigenvalue weighted by atomic mass is 32.2. The summed E-state index contributed by atoms with van der Waals surface area (Å²) in [6.07, 6.45) is -1.44. The predicted octanol–water partition coefficient (Wildman–Crippen LogP) is 1.87. The van der Waals surface area contributed by atoms with Crippen LogP contribution in [0.3, 0.4) is 0 Å². The number of nitriles is 1. The van der Waals surface area contributed by atoms with Crippen molar-refractivity contribution in [1.29, 1.82) is 5.26 Å². The molecular weight excluding hydrogens is 324 g/mol. The summed E-state index contributed by atoms with van der Waals surface area (Å²) in [4.78, 5) is 1.60. The van der Waals surface area contributed by atoms with Gasteiger partial charge in [0.2, 0.25) is 10.0 Å². The van der Waals surface area contributed by atoms with Crippen LogP contribution in [0.25, 0.3) is 0 Å². The van der Waals surface area contributed by atoms with Crippen molar-refractivity contribution < 1.29 is 17.2 Å². The van der Waals surface area contributed by atoms with Crippen LogP contribution in [0.1, 0.15) is 24.0 Å². The lowest BCUT2D eigenvalue weighted by atomic mass is 10.1. The van der Waals surface area contributed by atoms with Crippen molar-refractivity contribution in [2.45, 2.75) is 37.1 Å². The number of piperidine rings is 1. The highest BCUT2D eigenvalue weighted by Crippen LogP contribution is 2.20. The number of benzene rings is 1. The SMILES string of the molecule is Cc1cccc(S(=O)(=O)NC2CCN(CC(F)F)CC2)c1C#N. The molecule has 1 fully saturated rings. The van der Waals surface area contributed by atoms with Crippen LogP contribution in [0.5, 0.6) is 0 Å². The van der Waals surface area contributed by atoms with Gasteiger partial charge in [-0.15, -0.1) is 0 Å². The van der Waals surface area contributed by atoms with Crippen molar-refractivity contribution in [2.75, 3.05) is 19.6 Å². The van der Waals surface area contributed by atoms with Crippen LogP contribution in [0.15, 0.2) is 23.1 Å². The number of sulfonamides is 1. The molecule has 0 spiro atoms. The number of likely N-dealkylation sites (tertiary alicyclic amines) is 1. The molecular formula is C15H19F2N3O2S. The number of nitrogens with zero attached hydrogens (tertiary/aromatic N) is 2. The van der Waals surface area contributed by atoms with Crippen LogP contribution in [-0.4, -0.2) is 45.4 Å². The topological polar surface area (TPSA) is 73.2 Å². The van der Waals surface area contributed by atoms with Gasteiger partial charge in [-0.2, -0.15) is 5.26 Å². The molecule has 8 heteroatoms. The molecule has 1 saturated heterocycles. The maximum absolute atomic E-state index is 12.5. The third-order valence-corrected chi connectivity index (χ3v) is 5.50. The van der Waals surface area contributed by atoms with E-state index < -0.39 is 16.4 Å². The molecule has 0 amide bonds. The van der Waals surface area contributed by atoms with Crippen LogP contribution in [0.2, 0.25) is 0 Å². The van der Waals surface area contributed by atoms with E-state index in [-0.39, 0.29) is 23.0 Å². The van der Waals surface area contributed by atoms with Crippen LogP contribution >= 0.6 is 0 Å². The largest absolute Gasteiger partial charge is 0.298 e. The van der Waals surface area contributed by atoms with Crippen LogP contribution in [0, 0.1) is 18.3 Å². The van der Waals surface area contributed by atoms with E-state index >= 15 is 0 Å². The molecule has 126 valence electrons. The second-order valence-corrected chi connectivity index (χ2v) is 7.33. The molecule has 1 aromatic carbocycles. The van der Waals surface area contributed by atoms with Crippen molar-refractivity contribution in [3.63, 3.8) is 0 Å². The third kappa shape index (κ3) is 4.47. The first kappa shape index (κ1) is 17.8. The number of halogens is 2. The van der Waals surface area contributed by atoms with Crippen LogP contribution in [-0.2, 0) is 10.0 Å². The number of hydrogen-bond donors (Lipinski definition) is 1. The Kier molecular flexibility index (Phi) is 5.68. The minimum Gasteiger partial charge on any atom is -0.298 e. The van der Waals surface area contributed by atoms with E-state index in [1.165, 1.54) is 6.07 Å². The van der Waals surface area contributed by atoms with Crippen molar-refractivity contribution >= 4 is 10.0 Å². The third-order valence-electron chi connectivity index (χ3n) is 3.94. The van der Waals surface area contributed by atoms with Gasteiger partial charge in [0.15, 0.2) is 0 Å². The van der Waals surface area contributed by atoms with Gasteiger partial charge in [-0.05, 0) is 44.5 Å². The van der Waals surface area contributed by atoms with Gasteiger partial charge in [-0.1, -0.05) is 12.1 Å².